The fraction of sp³-hybridized carbons (Fsp3) is 0.632. The lowest BCUT2D eigenvalue weighted by molar-refractivity contribution is 0.106. The molecule has 1 aromatic rings. The number of guanidine groups is 1. The number of aliphatic imine (C=N–C) groups is 1. The maximum atomic E-state index is 14.0. The predicted molar refractivity (Wildman–Crippen MR) is 115 cm³/mol. The Bertz CT molecular complexity index is 572. The van der Waals surface area contributed by atoms with Crippen molar-refractivity contribution in [3.8, 4) is 0 Å². The van der Waals surface area contributed by atoms with Crippen LogP contribution in [0.25, 0.3) is 0 Å². The molecule has 0 amide bonds. The first-order chi connectivity index (χ1) is 12.3. The van der Waals surface area contributed by atoms with E-state index in [-0.39, 0.29) is 29.8 Å². The minimum Gasteiger partial charge on any atom is -0.378 e. The Morgan fingerprint density at radius 1 is 1.27 bits per heavy atom. The highest BCUT2D eigenvalue weighted by Crippen LogP contribution is 2.20. The molecule has 5 nitrogen and oxygen atoms in total. The van der Waals surface area contributed by atoms with Crippen molar-refractivity contribution in [3.05, 3.63) is 30.1 Å². The van der Waals surface area contributed by atoms with Crippen molar-refractivity contribution in [2.24, 2.45) is 4.99 Å². The van der Waals surface area contributed by atoms with E-state index >= 15 is 0 Å². The number of anilines is 1. The molecule has 2 aliphatic rings. The third-order valence-electron chi connectivity index (χ3n) is 4.84. The summed E-state index contributed by atoms with van der Waals surface area (Å²) in [4.78, 5) is 9.16. The molecule has 1 unspecified atom stereocenters. The van der Waals surface area contributed by atoms with Crippen molar-refractivity contribution in [3.63, 3.8) is 0 Å². The molecule has 7 heteroatoms. The Balaban J connectivity index is 0.00000243. The number of rotatable bonds is 5. The molecule has 0 aromatic heterocycles. The van der Waals surface area contributed by atoms with Crippen LogP contribution in [0.3, 0.4) is 0 Å². The number of para-hydroxylation sites is 1. The van der Waals surface area contributed by atoms with Crippen LogP contribution in [0.15, 0.2) is 29.3 Å². The van der Waals surface area contributed by atoms with Gasteiger partial charge in [-0.15, -0.1) is 24.0 Å². The van der Waals surface area contributed by atoms with Crippen LogP contribution in [-0.4, -0.2) is 62.8 Å². The molecule has 146 valence electrons. The number of nitrogens with one attached hydrogen (secondary N) is 1. The van der Waals surface area contributed by atoms with Gasteiger partial charge in [-0.3, -0.25) is 4.99 Å². The van der Waals surface area contributed by atoms with Gasteiger partial charge in [0.05, 0.1) is 11.8 Å². The number of ether oxygens (including phenoxy) is 1. The van der Waals surface area contributed by atoms with Crippen molar-refractivity contribution in [2.75, 3.05) is 50.8 Å². The smallest absolute Gasteiger partial charge is 0.194 e. The minimum absolute atomic E-state index is 0. The van der Waals surface area contributed by atoms with E-state index in [0.29, 0.717) is 11.8 Å². The molecule has 0 radical (unpaired) electrons. The van der Waals surface area contributed by atoms with Crippen LogP contribution >= 0.6 is 24.0 Å². The van der Waals surface area contributed by atoms with Gasteiger partial charge in [-0.05, 0) is 38.3 Å². The molecule has 26 heavy (non-hydrogen) atoms. The Labute approximate surface area is 173 Å². The van der Waals surface area contributed by atoms with Crippen LogP contribution in [0.1, 0.15) is 26.2 Å². The largest absolute Gasteiger partial charge is 0.378 e. The molecule has 1 aromatic carbocycles. The van der Waals surface area contributed by atoms with Crippen molar-refractivity contribution in [2.45, 2.75) is 32.3 Å². The first-order valence-corrected chi connectivity index (χ1v) is 9.42. The molecule has 1 N–H and O–H groups in total. The zero-order valence-electron chi connectivity index (χ0n) is 15.5. The van der Waals surface area contributed by atoms with Gasteiger partial charge in [-0.25, -0.2) is 4.39 Å². The normalized spacial score (nSPS) is 20.8. The van der Waals surface area contributed by atoms with Crippen LogP contribution in [0.4, 0.5) is 10.1 Å². The Morgan fingerprint density at radius 3 is 2.69 bits per heavy atom. The summed E-state index contributed by atoms with van der Waals surface area (Å²) in [7, 11) is 0. The van der Waals surface area contributed by atoms with Crippen molar-refractivity contribution >= 4 is 35.6 Å². The number of piperazine rings is 1. The summed E-state index contributed by atoms with van der Waals surface area (Å²) >= 11 is 0. The van der Waals surface area contributed by atoms with Crippen molar-refractivity contribution in [1.29, 1.82) is 0 Å². The highest BCUT2D eigenvalue weighted by atomic mass is 127. The van der Waals surface area contributed by atoms with E-state index in [0.717, 1.165) is 64.7 Å². The van der Waals surface area contributed by atoms with Crippen LogP contribution < -0.4 is 10.2 Å². The fourth-order valence-electron chi connectivity index (χ4n) is 3.48. The lowest BCUT2D eigenvalue weighted by atomic mass is 10.2. The van der Waals surface area contributed by atoms with Crippen LogP contribution in [0.2, 0.25) is 0 Å². The van der Waals surface area contributed by atoms with E-state index in [1.54, 1.807) is 6.07 Å². The van der Waals surface area contributed by atoms with Gasteiger partial charge >= 0.3 is 0 Å². The maximum absolute atomic E-state index is 14.0. The van der Waals surface area contributed by atoms with Crippen molar-refractivity contribution < 1.29 is 9.13 Å². The number of nitrogens with zero attached hydrogens (tertiary/aromatic N) is 3. The average Bonchev–Trinajstić information content (AvgIpc) is 3.15. The first kappa shape index (κ1) is 21.2. The summed E-state index contributed by atoms with van der Waals surface area (Å²) < 4.78 is 19.6. The summed E-state index contributed by atoms with van der Waals surface area (Å²) in [5.74, 6) is 0.821. The maximum Gasteiger partial charge on any atom is 0.194 e. The predicted octanol–water partition coefficient (Wildman–Crippen LogP) is 3.10. The third kappa shape index (κ3) is 5.70. The fourth-order valence-corrected chi connectivity index (χ4v) is 3.48. The van der Waals surface area contributed by atoms with E-state index in [9.17, 15) is 4.39 Å². The zero-order valence-corrected chi connectivity index (χ0v) is 17.8. The third-order valence-corrected chi connectivity index (χ3v) is 4.84. The Morgan fingerprint density at radius 2 is 2.04 bits per heavy atom. The van der Waals surface area contributed by atoms with Gasteiger partial charge in [0.15, 0.2) is 5.96 Å². The van der Waals surface area contributed by atoms with Crippen LogP contribution in [0, 0.1) is 5.82 Å². The van der Waals surface area contributed by atoms with Gasteiger partial charge in [-0.2, -0.15) is 0 Å². The van der Waals surface area contributed by atoms with E-state index in [2.05, 4.69) is 22.0 Å². The summed E-state index contributed by atoms with van der Waals surface area (Å²) in [6.07, 6.45) is 3.70. The first-order valence-electron chi connectivity index (χ1n) is 9.42. The molecule has 0 saturated carbocycles. The minimum atomic E-state index is -0.145. The molecular formula is C19H30FIN4O. The second-order valence-corrected chi connectivity index (χ2v) is 6.58. The molecule has 1 atom stereocenters. The van der Waals surface area contributed by atoms with Gasteiger partial charge in [0, 0.05) is 45.9 Å². The summed E-state index contributed by atoms with van der Waals surface area (Å²) in [6, 6.07) is 7.00. The summed E-state index contributed by atoms with van der Waals surface area (Å²) in [5, 5.41) is 3.39. The van der Waals surface area contributed by atoms with E-state index in [1.165, 1.54) is 12.5 Å². The molecule has 0 aliphatic carbocycles. The van der Waals surface area contributed by atoms with Crippen LogP contribution in [0.5, 0.6) is 0 Å². The molecular weight excluding hydrogens is 446 g/mol. The Hall–Kier alpha value is -1.09. The molecule has 2 heterocycles. The van der Waals surface area contributed by atoms with Gasteiger partial charge in [0.1, 0.15) is 5.82 Å². The lowest BCUT2D eigenvalue weighted by Crippen LogP contribution is -2.52. The van der Waals surface area contributed by atoms with Gasteiger partial charge in [-0.1, -0.05) is 12.1 Å². The Kier molecular flexibility index (Phi) is 8.90. The summed E-state index contributed by atoms with van der Waals surface area (Å²) in [6.45, 7) is 7.93. The number of hydrogen-bond donors (Lipinski definition) is 1. The van der Waals surface area contributed by atoms with Crippen molar-refractivity contribution in [1.82, 2.24) is 10.2 Å². The molecule has 0 spiro atoms. The highest BCUT2D eigenvalue weighted by molar-refractivity contribution is 14.0. The SMILES string of the molecule is CCNC(=NCCC1CCCO1)N1CCN(c2ccccc2F)CC1.I. The quantitative estimate of drug-likeness (QED) is 0.403. The van der Waals surface area contributed by atoms with Gasteiger partial charge in [0.25, 0.3) is 0 Å². The lowest BCUT2D eigenvalue weighted by Gasteiger charge is -2.37. The van der Waals surface area contributed by atoms with E-state index in [1.807, 2.05) is 12.1 Å². The second-order valence-electron chi connectivity index (χ2n) is 6.58. The number of benzene rings is 1. The highest BCUT2D eigenvalue weighted by Gasteiger charge is 2.21. The molecule has 0 bridgehead atoms. The topological polar surface area (TPSA) is 40.1 Å². The zero-order chi connectivity index (χ0) is 17.5. The standard InChI is InChI=1S/C19H29FN4O.HI/c1-2-21-19(22-10-9-16-6-5-15-25-16)24-13-11-23(12-14-24)18-8-4-3-7-17(18)20;/h3-4,7-8,16H,2,5-6,9-15H2,1H3,(H,21,22);1H. The molecule has 2 fully saturated rings. The number of hydrogen-bond acceptors (Lipinski definition) is 3. The van der Waals surface area contributed by atoms with E-state index in [4.69, 9.17) is 9.73 Å². The van der Waals surface area contributed by atoms with Gasteiger partial charge in [0.2, 0.25) is 0 Å². The molecule has 2 saturated heterocycles. The summed E-state index contributed by atoms with van der Waals surface area (Å²) in [5.41, 5.74) is 0.697. The van der Waals surface area contributed by atoms with E-state index < -0.39 is 0 Å². The second kappa shape index (κ2) is 10.9. The monoisotopic (exact) mass is 476 g/mol. The van der Waals surface area contributed by atoms with Crippen LogP contribution in [-0.2, 0) is 4.74 Å². The molecule has 3 rings (SSSR count). The van der Waals surface area contributed by atoms with Gasteiger partial charge < -0.3 is 19.9 Å². The number of halogens is 2. The average molecular weight is 476 g/mol. The molecule has 2 aliphatic heterocycles.